The molecule has 0 heterocycles. The fourth-order valence-corrected chi connectivity index (χ4v) is 3.17. The van der Waals surface area contributed by atoms with Crippen molar-refractivity contribution in [1.82, 2.24) is 0 Å². The van der Waals surface area contributed by atoms with Crippen molar-refractivity contribution in [3.05, 3.63) is 29.3 Å². The van der Waals surface area contributed by atoms with Crippen LogP contribution in [0.4, 0.5) is 0 Å². The van der Waals surface area contributed by atoms with Gasteiger partial charge in [0.2, 0.25) is 0 Å². The molecule has 1 aliphatic rings. The summed E-state index contributed by atoms with van der Waals surface area (Å²) in [5.41, 5.74) is 3.12. The van der Waals surface area contributed by atoms with Gasteiger partial charge in [0.1, 0.15) is 0 Å². The Morgan fingerprint density at radius 1 is 0.957 bits per heavy atom. The molecule has 0 amide bonds. The van der Waals surface area contributed by atoms with Gasteiger partial charge in [0.15, 0.2) is 0 Å². The lowest BCUT2D eigenvalue weighted by atomic mass is 9.62. The lowest BCUT2D eigenvalue weighted by molar-refractivity contribution is -0.0893. The maximum Gasteiger partial charge on any atom is 0.309 e. The summed E-state index contributed by atoms with van der Waals surface area (Å²) in [6.07, 6.45) is 2.45. The van der Waals surface area contributed by atoms with Gasteiger partial charge < -0.3 is 9.76 Å². The van der Waals surface area contributed by atoms with E-state index in [1.165, 1.54) is 29.4 Å². The Labute approximate surface area is 142 Å². The number of hydrogen-bond donors (Lipinski definition) is 1. The molecule has 0 aromatic heterocycles. The average molecular weight is 316 g/mol. The Bertz CT molecular complexity index is 580. The highest BCUT2D eigenvalue weighted by molar-refractivity contribution is 6.47. The molecule has 0 saturated heterocycles. The minimum atomic E-state index is -0.873. The molecule has 1 aromatic rings. The fourth-order valence-electron chi connectivity index (χ4n) is 3.17. The van der Waals surface area contributed by atoms with Gasteiger partial charge in [-0.25, -0.2) is 0 Å². The molecule has 0 atom stereocenters. The smallest absolute Gasteiger partial charge is 0.309 e. The number of rotatable bonds is 4. The summed E-state index contributed by atoms with van der Waals surface area (Å²) >= 11 is 0. The number of benzene rings is 1. The molecular weight excluding hydrogens is 283 g/mol. The number of fused-ring (bicyclic) bond motifs is 1. The van der Waals surface area contributed by atoms with Crippen molar-refractivity contribution >= 4 is 12.9 Å². The Morgan fingerprint density at radius 2 is 1.48 bits per heavy atom. The molecule has 0 saturated carbocycles. The summed E-state index contributed by atoms with van der Waals surface area (Å²) in [7, 11) is 0.529. The van der Waals surface area contributed by atoms with E-state index < -0.39 is 11.2 Å². The SMILES string of the molecule is CC1(C)CCC(C)(C)c2cc(BOC(C)(C)C(C)(C)O)ccc21. The van der Waals surface area contributed by atoms with E-state index in [0.29, 0.717) is 7.48 Å². The highest BCUT2D eigenvalue weighted by atomic mass is 16.5. The fraction of sp³-hybridized carbons (Fsp3) is 0.700. The third-order valence-electron chi connectivity index (χ3n) is 5.99. The summed E-state index contributed by atoms with van der Waals surface area (Å²) in [4.78, 5) is 0. The van der Waals surface area contributed by atoms with Gasteiger partial charge in [-0.3, -0.25) is 0 Å². The standard InChI is InChI=1S/C20H33BO2/c1-17(2)11-12-18(3,4)16-13-14(9-10-15(16)17)21-23-20(7,8)19(5,6)22/h9-10,13,21-22H,11-12H2,1-8H3. The maximum atomic E-state index is 10.2. The van der Waals surface area contributed by atoms with E-state index in [4.69, 9.17) is 4.65 Å². The van der Waals surface area contributed by atoms with Crippen molar-refractivity contribution in [3.63, 3.8) is 0 Å². The second-order valence-corrected chi connectivity index (χ2v) is 9.51. The first-order chi connectivity index (χ1) is 10.3. The van der Waals surface area contributed by atoms with Crippen molar-refractivity contribution in [2.24, 2.45) is 0 Å². The van der Waals surface area contributed by atoms with Crippen LogP contribution in [0.25, 0.3) is 0 Å². The van der Waals surface area contributed by atoms with Crippen LogP contribution in [0, 0.1) is 0 Å². The molecule has 0 fully saturated rings. The van der Waals surface area contributed by atoms with Crippen LogP contribution in [-0.4, -0.2) is 23.8 Å². The lowest BCUT2D eigenvalue weighted by Gasteiger charge is -2.42. The lowest BCUT2D eigenvalue weighted by Crippen LogP contribution is -2.49. The normalized spacial score (nSPS) is 20.0. The summed E-state index contributed by atoms with van der Waals surface area (Å²) in [6.45, 7) is 16.8. The van der Waals surface area contributed by atoms with Crippen molar-refractivity contribution in [1.29, 1.82) is 0 Å². The monoisotopic (exact) mass is 316 g/mol. The highest BCUT2D eigenvalue weighted by Crippen LogP contribution is 2.45. The number of aliphatic hydroxyl groups is 1. The van der Waals surface area contributed by atoms with E-state index in [9.17, 15) is 5.11 Å². The van der Waals surface area contributed by atoms with Gasteiger partial charge in [-0.15, -0.1) is 0 Å². The van der Waals surface area contributed by atoms with Crippen LogP contribution in [0.15, 0.2) is 18.2 Å². The van der Waals surface area contributed by atoms with Gasteiger partial charge in [0.25, 0.3) is 0 Å². The summed E-state index contributed by atoms with van der Waals surface area (Å²) in [6, 6.07) is 6.78. The van der Waals surface area contributed by atoms with Crippen molar-refractivity contribution in [3.8, 4) is 0 Å². The third kappa shape index (κ3) is 3.66. The van der Waals surface area contributed by atoms with Crippen LogP contribution >= 0.6 is 0 Å². The molecule has 0 unspecified atom stereocenters. The molecule has 1 N–H and O–H groups in total. The molecule has 2 rings (SSSR count). The van der Waals surface area contributed by atoms with Crippen LogP contribution in [-0.2, 0) is 15.5 Å². The second kappa shape index (κ2) is 5.63. The van der Waals surface area contributed by atoms with Crippen LogP contribution in [0.3, 0.4) is 0 Å². The largest absolute Gasteiger partial charge is 0.427 e. The predicted octanol–water partition coefficient (Wildman–Crippen LogP) is 3.58. The molecule has 128 valence electrons. The van der Waals surface area contributed by atoms with Gasteiger partial charge >= 0.3 is 7.48 Å². The molecule has 0 radical (unpaired) electrons. The Morgan fingerprint density at radius 3 is 2.00 bits per heavy atom. The van der Waals surface area contributed by atoms with Crippen molar-refractivity contribution in [2.45, 2.75) is 90.3 Å². The third-order valence-corrected chi connectivity index (χ3v) is 5.99. The van der Waals surface area contributed by atoms with Crippen LogP contribution in [0.1, 0.15) is 79.4 Å². The van der Waals surface area contributed by atoms with E-state index in [2.05, 4.69) is 45.9 Å². The molecule has 0 bridgehead atoms. The Balaban J connectivity index is 2.28. The Kier molecular flexibility index (Phi) is 4.54. The first-order valence-corrected chi connectivity index (χ1v) is 8.77. The molecule has 0 spiro atoms. The predicted molar refractivity (Wildman–Crippen MR) is 100.0 cm³/mol. The first kappa shape index (κ1) is 18.5. The minimum Gasteiger partial charge on any atom is -0.427 e. The van der Waals surface area contributed by atoms with Crippen molar-refractivity contribution in [2.75, 3.05) is 0 Å². The maximum absolute atomic E-state index is 10.2. The zero-order valence-corrected chi connectivity index (χ0v) is 16.2. The van der Waals surface area contributed by atoms with E-state index >= 15 is 0 Å². The highest BCUT2D eigenvalue weighted by Gasteiger charge is 2.38. The molecular formula is C20H33BO2. The second-order valence-electron chi connectivity index (χ2n) is 9.51. The minimum absolute atomic E-state index is 0.215. The molecule has 2 nitrogen and oxygen atoms in total. The average Bonchev–Trinajstić information content (AvgIpc) is 2.41. The van der Waals surface area contributed by atoms with Crippen molar-refractivity contribution < 1.29 is 9.76 Å². The summed E-state index contributed by atoms with van der Waals surface area (Å²) in [5.74, 6) is 0. The molecule has 3 heteroatoms. The van der Waals surface area contributed by atoms with Gasteiger partial charge in [0, 0.05) is 0 Å². The molecule has 0 aliphatic heterocycles. The summed E-state index contributed by atoms with van der Waals surface area (Å²) < 4.78 is 6.04. The van der Waals surface area contributed by atoms with E-state index in [-0.39, 0.29) is 10.8 Å². The van der Waals surface area contributed by atoms with E-state index in [1.807, 2.05) is 13.8 Å². The zero-order valence-electron chi connectivity index (χ0n) is 16.2. The van der Waals surface area contributed by atoms with Crippen LogP contribution in [0.5, 0.6) is 0 Å². The van der Waals surface area contributed by atoms with Gasteiger partial charge in [-0.1, -0.05) is 51.4 Å². The first-order valence-electron chi connectivity index (χ1n) is 8.77. The number of hydrogen-bond acceptors (Lipinski definition) is 2. The van der Waals surface area contributed by atoms with Crippen LogP contribution in [0.2, 0.25) is 0 Å². The summed E-state index contributed by atoms with van der Waals surface area (Å²) in [5, 5.41) is 10.2. The quantitative estimate of drug-likeness (QED) is 0.861. The van der Waals surface area contributed by atoms with E-state index in [0.717, 1.165) is 0 Å². The van der Waals surface area contributed by atoms with Crippen LogP contribution < -0.4 is 5.46 Å². The van der Waals surface area contributed by atoms with E-state index in [1.54, 1.807) is 13.8 Å². The van der Waals surface area contributed by atoms with Gasteiger partial charge in [0.05, 0.1) is 11.2 Å². The topological polar surface area (TPSA) is 29.5 Å². The van der Waals surface area contributed by atoms with Gasteiger partial charge in [-0.2, -0.15) is 0 Å². The molecule has 1 aromatic carbocycles. The zero-order chi connectivity index (χ0) is 17.7. The molecule has 1 aliphatic carbocycles. The molecule has 23 heavy (non-hydrogen) atoms. The Hall–Kier alpha value is -0.795. The van der Waals surface area contributed by atoms with Gasteiger partial charge in [-0.05, 0) is 62.5 Å².